The average molecular weight is 197 g/mol. The Hall–Kier alpha value is -1.76. The summed E-state index contributed by atoms with van der Waals surface area (Å²) in [6.45, 7) is 3.34. The number of rotatable bonds is 1. The fourth-order valence-electron chi connectivity index (χ4n) is 0.948. The molecular weight excluding hydrogens is 191 g/mol. The van der Waals surface area contributed by atoms with E-state index >= 15 is 0 Å². The molecule has 0 saturated heterocycles. The third kappa shape index (κ3) is 2.13. The van der Waals surface area contributed by atoms with Gasteiger partial charge in [0, 0.05) is 0 Å². The van der Waals surface area contributed by atoms with E-state index in [1.54, 1.807) is 6.07 Å². The molecule has 0 aliphatic heterocycles. The van der Waals surface area contributed by atoms with Crippen molar-refractivity contribution in [1.82, 2.24) is 0 Å². The van der Waals surface area contributed by atoms with E-state index in [0.717, 1.165) is 12.1 Å². The molecule has 0 spiro atoms. The van der Waals surface area contributed by atoms with Crippen LogP contribution in [0.15, 0.2) is 30.8 Å². The standard InChI is InChI=1S/C10H6F3N/c1-7(6-14)8-3-2-4-9(5-8)10(11,12)13/h2-5H,1H2. The minimum atomic E-state index is -4.38. The van der Waals surface area contributed by atoms with E-state index in [9.17, 15) is 13.2 Å². The van der Waals surface area contributed by atoms with Crippen LogP contribution in [0.5, 0.6) is 0 Å². The van der Waals surface area contributed by atoms with Gasteiger partial charge in [-0.15, -0.1) is 0 Å². The summed E-state index contributed by atoms with van der Waals surface area (Å²) >= 11 is 0. The molecule has 1 rings (SSSR count). The predicted octanol–water partition coefficient (Wildman–Crippen LogP) is 3.24. The smallest absolute Gasteiger partial charge is 0.192 e. The number of nitriles is 1. The van der Waals surface area contributed by atoms with E-state index in [0.29, 0.717) is 0 Å². The maximum Gasteiger partial charge on any atom is 0.416 e. The molecule has 0 aliphatic carbocycles. The SMILES string of the molecule is C=C(C#N)c1cccc(C(F)(F)F)c1. The van der Waals surface area contributed by atoms with Crippen molar-refractivity contribution < 1.29 is 13.2 Å². The van der Waals surface area contributed by atoms with E-state index in [1.807, 2.05) is 0 Å². The molecule has 1 aromatic carbocycles. The Morgan fingerprint density at radius 1 is 1.36 bits per heavy atom. The van der Waals surface area contributed by atoms with Crippen LogP contribution in [-0.2, 0) is 6.18 Å². The molecule has 72 valence electrons. The second-order valence-corrected chi connectivity index (χ2v) is 2.67. The van der Waals surface area contributed by atoms with Crippen LogP contribution in [0.2, 0.25) is 0 Å². The van der Waals surface area contributed by atoms with Crippen molar-refractivity contribution in [3.8, 4) is 6.07 Å². The highest BCUT2D eigenvalue weighted by molar-refractivity contribution is 5.74. The van der Waals surface area contributed by atoms with Crippen LogP contribution < -0.4 is 0 Å². The normalized spacial score (nSPS) is 10.7. The molecule has 0 unspecified atom stereocenters. The lowest BCUT2D eigenvalue weighted by atomic mass is 10.1. The zero-order chi connectivity index (χ0) is 10.8. The topological polar surface area (TPSA) is 23.8 Å². The summed E-state index contributed by atoms with van der Waals surface area (Å²) in [5.74, 6) is 0. The highest BCUT2D eigenvalue weighted by Crippen LogP contribution is 2.30. The number of allylic oxidation sites excluding steroid dienone is 1. The number of hydrogen-bond acceptors (Lipinski definition) is 1. The van der Waals surface area contributed by atoms with Crippen LogP contribution in [-0.4, -0.2) is 0 Å². The van der Waals surface area contributed by atoms with E-state index in [1.165, 1.54) is 12.1 Å². The minimum Gasteiger partial charge on any atom is -0.192 e. The minimum absolute atomic E-state index is 0.0242. The first-order valence-corrected chi connectivity index (χ1v) is 3.72. The second-order valence-electron chi connectivity index (χ2n) is 2.67. The van der Waals surface area contributed by atoms with Crippen molar-refractivity contribution in [1.29, 1.82) is 5.26 Å². The number of hydrogen-bond donors (Lipinski definition) is 0. The lowest BCUT2D eigenvalue weighted by Gasteiger charge is -2.07. The molecule has 0 N–H and O–H groups in total. The Labute approximate surface area is 79.1 Å². The molecule has 0 heterocycles. The third-order valence-corrected chi connectivity index (χ3v) is 1.67. The van der Waals surface area contributed by atoms with Gasteiger partial charge in [0.05, 0.1) is 17.2 Å². The summed E-state index contributed by atoms with van der Waals surface area (Å²) in [6.07, 6.45) is -4.38. The highest BCUT2D eigenvalue weighted by atomic mass is 19.4. The summed E-state index contributed by atoms with van der Waals surface area (Å²) in [4.78, 5) is 0. The summed E-state index contributed by atoms with van der Waals surface area (Å²) < 4.78 is 36.7. The van der Waals surface area contributed by atoms with E-state index < -0.39 is 11.7 Å². The van der Waals surface area contributed by atoms with Crippen molar-refractivity contribution in [2.45, 2.75) is 6.18 Å². The molecule has 0 saturated carbocycles. The first-order valence-electron chi connectivity index (χ1n) is 3.72. The van der Waals surface area contributed by atoms with Gasteiger partial charge in [0.15, 0.2) is 0 Å². The summed E-state index contributed by atoms with van der Waals surface area (Å²) in [5.41, 5.74) is -0.551. The molecule has 0 aliphatic rings. The summed E-state index contributed by atoms with van der Waals surface area (Å²) in [7, 11) is 0. The van der Waals surface area contributed by atoms with Gasteiger partial charge >= 0.3 is 6.18 Å². The molecule has 0 bridgehead atoms. The van der Waals surface area contributed by atoms with Gasteiger partial charge in [-0.1, -0.05) is 18.7 Å². The number of alkyl halides is 3. The van der Waals surface area contributed by atoms with Gasteiger partial charge in [0.2, 0.25) is 0 Å². The monoisotopic (exact) mass is 197 g/mol. The Morgan fingerprint density at radius 2 is 2.00 bits per heavy atom. The lowest BCUT2D eigenvalue weighted by Crippen LogP contribution is -2.04. The zero-order valence-corrected chi connectivity index (χ0v) is 7.10. The van der Waals surface area contributed by atoms with Gasteiger partial charge in [-0.3, -0.25) is 0 Å². The fourth-order valence-corrected chi connectivity index (χ4v) is 0.948. The van der Waals surface area contributed by atoms with Gasteiger partial charge in [0.25, 0.3) is 0 Å². The molecule has 1 nitrogen and oxygen atoms in total. The Morgan fingerprint density at radius 3 is 2.50 bits per heavy atom. The Bertz CT molecular complexity index is 399. The fraction of sp³-hybridized carbons (Fsp3) is 0.100. The van der Waals surface area contributed by atoms with E-state index in [4.69, 9.17) is 5.26 Å². The largest absolute Gasteiger partial charge is 0.416 e. The number of benzene rings is 1. The van der Waals surface area contributed by atoms with Crippen molar-refractivity contribution in [3.05, 3.63) is 42.0 Å². The number of nitrogens with zero attached hydrogens (tertiary/aromatic N) is 1. The molecular formula is C10H6F3N. The third-order valence-electron chi connectivity index (χ3n) is 1.67. The van der Waals surface area contributed by atoms with Crippen LogP contribution >= 0.6 is 0 Å². The molecule has 0 atom stereocenters. The van der Waals surface area contributed by atoms with Crippen molar-refractivity contribution in [2.75, 3.05) is 0 Å². The molecule has 0 radical (unpaired) electrons. The summed E-state index contributed by atoms with van der Waals surface area (Å²) in [6, 6.07) is 6.23. The maximum atomic E-state index is 12.2. The van der Waals surface area contributed by atoms with Crippen molar-refractivity contribution >= 4 is 5.57 Å². The van der Waals surface area contributed by atoms with Crippen molar-refractivity contribution in [3.63, 3.8) is 0 Å². The molecule has 1 aromatic rings. The molecule has 0 fully saturated rings. The highest BCUT2D eigenvalue weighted by Gasteiger charge is 2.30. The van der Waals surface area contributed by atoms with Crippen LogP contribution in [0, 0.1) is 11.3 Å². The first kappa shape index (κ1) is 10.3. The maximum absolute atomic E-state index is 12.2. The van der Waals surface area contributed by atoms with Crippen LogP contribution in [0.25, 0.3) is 5.57 Å². The van der Waals surface area contributed by atoms with E-state index in [-0.39, 0.29) is 11.1 Å². The molecule has 0 amide bonds. The Kier molecular flexibility index (Phi) is 2.61. The van der Waals surface area contributed by atoms with Crippen LogP contribution in [0.1, 0.15) is 11.1 Å². The predicted molar refractivity (Wildman–Crippen MR) is 46.1 cm³/mol. The molecule has 14 heavy (non-hydrogen) atoms. The van der Waals surface area contributed by atoms with Gasteiger partial charge in [-0.2, -0.15) is 18.4 Å². The zero-order valence-electron chi connectivity index (χ0n) is 7.10. The Balaban J connectivity index is 3.16. The van der Waals surface area contributed by atoms with Gasteiger partial charge < -0.3 is 0 Å². The molecule has 4 heteroatoms. The number of halogens is 3. The first-order chi connectivity index (χ1) is 6.45. The van der Waals surface area contributed by atoms with Gasteiger partial charge in [-0.05, 0) is 17.7 Å². The second kappa shape index (κ2) is 3.54. The van der Waals surface area contributed by atoms with E-state index in [2.05, 4.69) is 6.58 Å². The van der Waals surface area contributed by atoms with Gasteiger partial charge in [-0.25, -0.2) is 0 Å². The van der Waals surface area contributed by atoms with Gasteiger partial charge in [0.1, 0.15) is 0 Å². The van der Waals surface area contributed by atoms with Crippen LogP contribution in [0.4, 0.5) is 13.2 Å². The lowest BCUT2D eigenvalue weighted by molar-refractivity contribution is -0.137. The summed E-state index contributed by atoms with van der Waals surface area (Å²) in [5, 5.41) is 8.45. The molecule has 0 aromatic heterocycles. The van der Waals surface area contributed by atoms with Crippen molar-refractivity contribution in [2.24, 2.45) is 0 Å². The quantitative estimate of drug-likeness (QED) is 0.634. The van der Waals surface area contributed by atoms with Crippen LogP contribution in [0.3, 0.4) is 0 Å². The average Bonchev–Trinajstić information content (AvgIpc) is 2.15.